The molecule has 2 aromatic carbocycles. The third kappa shape index (κ3) is 3.15. The van der Waals surface area contributed by atoms with Crippen LogP contribution in [0, 0.1) is 6.92 Å². The van der Waals surface area contributed by atoms with Gasteiger partial charge in [-0.25, -0.2) is 0 Å². The number of rotatable bonds is 5. The van der Waals surface area contributed by atoms with Crippen molar-refractivity contribution in [3.63, 3.8) is 0 Å². The molecule has 1 N–H and O–H groups in total. The summed E-state index contributed by atoms with van der Waals surface area (Å²) in [4.78, 5) is 28.0. The second kappa shape index (κ2) is 7.17. The molecule has 0 spiro atoms. The molecule has 2 heterocycles. The molecular formula is C22H18ClNO3S. The Labute approximate surface area is 172 Å². The zero-order valence-electron chi connectivity index (χ0n) is 15.2. The number of anilines is 1. The Morgan fingerprint density at radius 2 is 1.96 bits per heavy atom. The van der Waals surface area contributed by atoms with Crippen LogP contribution in [-0.4, -0.2) is 16.8 Å². The number of Topliss-reactive ketones (excluding diaryl/α,β-unsaturated/α-hetero) is 1. The van der Waals surface area contributed by atoms with Crippen LogP contribution in [0.15, 0.2) is 60.0 Å². The molecule has 0 unspecified atom stereocenters. The highest BCUT2D eigenvalue weighted by atomic mass is 35.5. The standard InChI is InChI=1S/C22H18ClNO3S/c1-14-5-2-3-6-15(14)13-24-18-9-8-16(23)11-17(18)22(27,21(24)26)12-19(25)20-7-4-10-28-20/h2-11,27H,12-13H2,1H3/t22-/m1/s1. The number of thiophene rings is 1. The van der Waals surface area contributed by atoms with E-state index in [0.29, 0.717) is 27.7 Å². The topological polar surface area (TPSA) is 57.6 Å². The molecule has 6 heteroatoms. The van der Waals surface area contributed by atoms with E-state index >= 15 is 0 Å². The average molecular weight is 412 g/mol. The minimum Gasteiger partial charge on any atom is -0.375 e. The van der Waals surface area contributed by atoms with Crippen LogP contribution in [0.25, 0.3) is 0 Å². The Morgan fingerprint density at radius 1 is 1.18 bits per heavy atom. The van der Waals surface area contributed by atoms with E-state index in [2.05, 4.69) is 0 Å². The Morgan fingerprint density at radius 3 is 2.68 bits per heavy atom. The van der Waals surface area contributed by atoms with Gasteiger partial charge in [0.25, 0.3) is 5.91 Å². The summed E-state index contributed by atoms with van der Waals surface area (Å²) in [5.41, 5.74) is 1.06. The van der Waals surface area contributed by atoms with Crippen LogP contribution in [0.1, 0.15) is 32.8 Å². The van der Waals surface area contributed by atoms with Crippen LogP contribution in [0.4, 0.5) is 5.69 Å². The second-order valence-corrected chi connectivity index (χ2v) is 8.30. The summed E-state index contributed by atoms with van der Waals surface area (Å²) in [5.74, 6) is -0.771. The first-order valence-corrected chi connectivity index (χ1v) is 10.1. The summed E-state index contributed by atoms with van der Waals surface area (Å²) in [5, 5.41) is 13.6. The van der Waals surface area contributed by atoms with Crippen LogP contribution in [-0.2, 0) is 16.9 Å². The normalized spacial score (nSPS) is 18.4. The minimum atomic E-state index is -1.93. The van der Waals surface area contributed by atoms with Crippen LogP contribution in [0.2, 0.25) is 5.02 Å². The third-order valence-electron chi connectivity index (χ3n) is 5.10. The summed E-state index contributed by atoms with van der Waals surface area (Å²) < 4.78 is 0. The fraction of sp³-hybridized carbons (Fsp3) is 0.182. The number of hydrogen-bond donors (Lipinski definition) is 1. The lowest BCUT2D eigenvalue weighted by molar-refractivity contribution is -0.136. The lowest BCUT2D eigenvalue weighted by Gasteiger charge is -2.23. The zero-order chi connectivity index (χ0) is 19.9. The van der Waals surface area contributed by atoms with Crippen molar-refractivity contribution in [2.24, 2.45) is 0 Å². The predicted octanol–water partition coefficient (Wildman–Crippen LogP) is 4.72. The van der Waals surface area contributed by atoms with Crippen LogP contribution in [0.3, 0.4) is 0 Å². The Kier molecular flexibility index (Phi) is 4.83. The summed E-state index contributed by atoms with van der Waals surface area (Å²) >= 11 is 7.44. The van der Waals surface area contributed by atoms with Gasteiger partial charge in [-0.1, -0.05) is 41.9 Å². The lowest BCUT2D eigenvalue weighted by atomic mass is 9.89. The van der Waals surface area contributed by atoms with Gasteiger partial charge in [-0.2, -0.15) is 0 Å². The van der Waals surface area contributed by atoms with E-state index in [-0.39, 0.29) is 12.2 Å². The van der Waals surface area contributed by atoms with E-state index in [0.717, 1.165) is 11.1 Å². The van der Waals surface area contributed by atoms with Gasteiger partial charge in [0.1, 0.15) is 0 Å². The third-order valence-corrected chi connectivity index (χ3v) is 6.24. The van der Waals surface area contributed by atoms with Crippen molar-refractivity contribution >= 4 is 40.3 Å². The van der Waals surface area contributed by atoms with Gasteiger partial charge in [-0.05, 0) is 47.7 Å². The Balaban J connectivity index is 1.74. The van der Waals surface area contributed by atoms with Crippen molar-refractivity contribution in [1.82, 2.24) is 0 Å². The Hall–Kier alpha value is -2.47. The Bertz CT molecular complexity index is 1060. The van der Waals surface area contributed by atoms with E-state index in [9.17, 15) is 14.7 Å². The molecule has 4 rings (SSSR count). The fourth-order valence-corrected chi connectivity index (χ4v) is 4.40. The highest BCUT2D eigenvalue weighted by Crippen LogP contribution is 2.45. The molecule has 28 heavy (non-hydrogen) atoms. The van der Waals surface area contributed by atoms with Gasteiger partial charge in [0, 0.05) is 10.6 Å². The monoisotopic (exact) mass is 411 g/mol. The van der Waals surface area contributed by atoms with E-state index in [4.69, 9.17) is 11.6 Å². The largest absolute Gasteiger partial charge is 0.375 e. The van der Waals surface area contributed by atoms with Crippen LogP contribution in [0.5, 0.6) is 0 Å². The molecule has 0 saturated carbocycles. The number of amides is 1. The second-order valence-electron chi connectivity index (χ2n) is 6.92. The maximum Gasteiger partial charge on any atom is 0.264 e. The molecule has 1 atom stereocenters. The molecule has 142 valence electrons. The van der Waals surface area contributed by atoms with Gasteiger partial charge >= 0.3 is 0 Å². The molecule has 1 amide bonds. The summed E-state index contributed by atoms with van der Waals surface area (Å²) in [6.07, 6.45) is -0.316. The molecule has 0 fully saturated rings. The molecule has 0 saturated heterocycles. The van der Waals surface area contributed by atoms with E-state index in [1.54, 1.807) is 35.7 Å². The van der Waals surface area contributed by atoms with E-state index < -0.39 is 11.5 Å². The summed E-state index contributed by atoms with van der Waals surface area (Å²) in [7, 11) is 0. The van der Waals surface area contributed by atoms with Gasteiger partial charge in [0.15, 0.2) is 11.4 Å². The number of nitrogens with zero attached hydrogens (tertiary/aromatic N) is 1. The minimum absolute atomic E-state index is 0.269. The highest BCUT2D eigenvalue weighted by molar-refractivity contribution is 7.12. The zero-order valence-corrected chi connectivity index (χ0v) is 16.8. The SMILES string of the molecule is Cc1ccccc1CN1C(=O)[C@@](O)(CC(=O)c2cccs2)c2cc(Cl)ccc21. The van der Waals surface area contributed by atoms with Gasteiger partial charge in [0.05, 0.1) is 23.5 Å². The average Bonchev–Trinajstić information content (AvgIpc) is 3.27. The van der Waals surface area contributed by atoms with Gasteiger partial charge in [-0.3, -0.25) is 9.59 Å². The fourth-order valence-electron chi connectivity index (χ4n) is 3.57. The van der Waals surface area contributed by atoms with Gasteiger partial charge in [-0.15, -0.1) is 11.3 Å². The number of halogens is 1. The molecule has 1 aromatic heterocycles. The number of fused-ring (bicyclic) bond motifs is 1. The number of benzene rings is 2. The molecular weight excluding hydrogens is 394 g/mol. The summed E-state index contributed by atoms with van der Waals surface area (Å²) in [6, 6.07) is 16.2. The molecule has 1 aliphatic heterocycles. The predicted molar refractivity (Wildman–Crippen MR) is 111 cm³/mol. The quantitative estimate of drug-likeness (QED) is 0.618. The van der Waals surface area contributed by atoms with Crippen LogP contribution < -0.4 is 4.90 Å². The van der Waals surface area contributed by atoms with Crippen molar-refractivity contribution in [3.05, 3.63) is 86.6 Å². The van der Waals surface area contributed by atoms with Crippen LogP contribution >= 0.6 is 22.9 Å². The highest BCUT2D eigenvalue weighted by Gasteiger charge is 2.51. The first kappa shape index (κ1) is 18.9. The van der Waals surface area contributed by atoms with Crippen molar-refractivity contribution in [3.8, 4) is 0 Å². The smallest absolute Gasteiger partial charge is 0.264 e. The molecule has 4 nitrogen and oxygen atoms in total. The maximum absolute atomic E-state index is 13.3. The molecule has 0 aliphatic carbocycles. The van der Waals surface area contributed by atoms with Crippen molar-refractivity contribution in [1.29, 1.82) is 0 Å². The van der Waals surface area contributed by atoms with E-state index in [1.165, 1.54) is 16.2 Å². The van der Waals surface area contributed by atoms with Crippen molar-refractivity contribution in [2.75, 3.05) is 4.90 Å². The number of aryl methyl sites for hydroxylation is 1. The molecule has 0 radical (unpaired) electrons. The maximum atomic E-state index is 13.3. The van der Waals surface area contributed by atoms with Crippen molar-refractivity contribution in [2.45, 2.75) is 25.5 Å². The number of hydrogen-bond acceptors (Lipinski definition) is 4. The number of ketones is 1. The lowest BCUT2D eigenvalue weighted by Crippen LogP contribution is -2.41. The molecule has 3 aromatic rings. The first-order valence-electron chi connectivity index (χ1n) is 8.86. The number of carbonyl (C=O) groups excluding carboxylic acids is 2. The first-order chi connectivity index (χ1) is 13.4. The molecule has 1 aliphatic rings. The molecule has 0 bridgehead atoms. The number of aliphatic hydroxyl groups is 1. The van der Waals surface area contributed by atoms with Gasteiger partial charge < -0.3 is 10.0 Å². The number of carbonyl (C=O) groups is 2. The van der Waals surface area contributed by atoms with E-state index in [1.807, 2.05) is 31.2 Å². The van der Waals surface area contributed by atoms with Crippen molar-refractivity contribution < 1.29 is 14.7 Å². The van der Waals surface area contributed by atoms with Gasteiger partial charge in [0.2, 0.25) is 0 Å². The summed E-state index contributed by atoms with van der Waals surface area (Å²) in [6.45, 7) is 2.29.